The summed E-state index contributed by atoms with van der Waals surface area (Å²) in [4.78, 5) is 13.7. The molecule has 1 unspecified atom stereocenters. The summed E-state index contributed by atoms with van der Waals surface area (Å²) in [5.41, 5.74) is 5.32. The molecule has 1 aliphatic heterocycles. The largest absolute Gasteiger partial charge is 0.379 e. The summed E-state index contributed by atoms with van der Waals surface area (Å²) in [5, 5.41) is 2.70. The van der Waals surface area contributed by atoms with E-state index in [9.17, 15) is 4.79 Å². The van der Waals surface area contributed by atoms with Gasteiger partial charge in [-0.1, -0.05) is 0 Å². The van der Waals surface area contributed by atoms with Gasteiger partial charge in [-0.25, -0.2) is 0 Å². The van der Waals surface area contributed by atoms with Crippen molar-refractivity contribution in [1.82, 2.24) is 10.2 Å². The Labute approximate surface area is 103 Å². The fraction of sp³-hybridized carbons (Fsp3) is 0.900. The van der Waals surface area contributed by atoms with Crippen molar-refractivity contribution in [3.8, 4) is 0 Å². The lowest BCUT2D eigenvalue weighted by atomic mass is 10.2. The minimum Gasteiger partial charge on any atom is -0.379 e. The highest BCUT2D eigenvalue weighted by molar-refractivity contribution is 5.85. The minimum absolute atomic E-state index is 0. The maximum absolute atomic E-state index is 11.5. The van der Waals surface area contributed by atoms with Gasteiger partial charge in [-0.3, -0.25) is 9.69 Å². The van der Waals surface area contributed by atoms with Crippen molar-refractivity contribution in [1.29, 1.82) is 0 Å². The third kappa shape index (κ3) is 4.65. The van der Waals surface area contributed by atoms with Crippen molar-refractivity contribution in [3.05, 3.63) is 0 Å². The number of likely N-dealkylation sites (N-methyl/N-ethyl adjacent to an activating group) is 1. The topological polar surface area (TPSA) is 67.6 Å². The van der Waals surface area contributed by atoms with Crippen LogP contribution in [0.15, 0.2) is 0 Å². The van der Waals surface area contributed by atoms with Crippen molar-refractivity contribution >= 4 is 18.3 Å². The molecule has 0 radical (unpaired) electrons. The molecule has 0 saturated carbocycles. The van der Waals surface area contributed by atoms with Crippen LogP contribution in [0.2, 0.25) is 0 Å². The molecule has 1 fully saturated rings. The Morgan fingerprint density at radius 1 is 1.56 bits per heavy atom. The van der Waals surface area contributed by atoms with E-state index in [2.05, 4.69) is 10.2 Å². The number of hydrogen-bond donors (Lipinski definition) is 2. The van der Waals surface area contributed by atoms with Crippen LogP contribution in [-0.4, -0.2) is 56.7 Å². The normalized spacial score (nSPS) is 20.5. The summed E-state index contributed by atoms with van der Waals surface area (Å²) >= 11 is 0. The molecule has 0 spiro atoms. The lowest BCUT2D eigenvalue weighted by Gasteiger charge is -2.22. The summed E-state index contributed by atoms with van der Waals surface area (Å²) < 4.78 is 5.31. The predicted molar refractivity (Wildman–Crippen MR) is 65.8 cm³/mol. The Bertz CT molecular complexity index is 205. The first-order chi connectivity index (χ1) is 7.29. The number of carbonyl (C=O) groups is 1. The zero-order chi connectivity index (χ0) is 11.1. The SMILES string of the molecule is CNC(=O)C1CCCN1CCOCCN.Cl. The standard InChI is InChI=1S/C10H21N3O2.ClH/c1-12-10(14)9-3-2-5-13(9)6-8-15-7-4-11;/h9H,2-8,11H2,1H3,(H,12,14);1H. The Hall–Kier alpha value is -0.360. The molecule has 6 heteroatoms. The van der Waals surface area contributed by atoms with Gasteiger partial charge in [0.05, 0.1) is 19.3 Å². The molecule has 0 aliphatic carbocycles. The molecule has 1 rings (SSSR count). The van der Waals surface area contributed by atoms with Crippen LogP contribution in [0, 0.1) is 0 Å². The number of carbonyl (C=O) groups excluding carboxylic acids is 1. The summed E-state index contributed by atoms with van der Waals surface area (Å²) in [6.07, 6.45) is 2.05. The van der Waals surface area contributed by atoms with Crippen molar-refractivity contribution in [2.45, 2.75) is 18.9 Å². The van der Waals surface area contributed by atoms with Gasteiger partial charge in [0.25, 0.3) is 0 Å². The molecule has 0 aromatic carbocycles. The van der Waals surface area contributed by atoms with E-state index in [0.717, 1.165) is 25.9 Å². The van der Waals surface area contributed by atoms with Crippen LogP contribution in [0.3, 0.4) is 0 Å². The third-order valence-corrected chi connectivity index (χ3v) is 2.70. The van der Waals surface area contributed by atoms with Gasteiger partial charge in [0.1, 0.15) is 0 Å². The second-order valence-corrected chi connectivity index (χ2v) is 3.71. The van der Waals surface area contributed by atoms with Gasteiger partial charge < -0.3 is 15.8 Å². The van der Waals surface area contributed by atoms with Crippen LogP contribution in [0.5, 0.6) is 0 Å². The molecule has 1 aliphatic rings. The van der Waals surface area contributed by atoms with Crippen LogP contribution >= 0.6 is 12.4 Å². The van der Waals surface area contributed by atoms with E-state index in [1.165, 1.54) is 0 Å². The third-order valence-electron chi connectivity index (χ3n) is 2.70. The summed E-state index contributed by atoms with van der Waals surface area (Å²) in [6.45, 7) is 3.62. The van der Waals surface area contributed by atoms with Crippen molar-refractivity contribution in [2.75, 3.05) is 39.9 Å². The monoisotopic (exact) mass is 251 g/mol. The molecule has 1 heterocycles. The number of nitrogens with zero attached hydrogens (tertiary/aromatic N) is 1. The zero-order valence-electron chi connectivity index (χ0n) is 9.78. The Kier molecular flexibility index (Phi) is 8.56. The predicted octanol–water partition coefficient (Wildman–Crippen LogP) is -0.406. The van der Waals surface area contributed by atoms with Crippen molar-refractivity contribution < 1.29 is 9.53 Å². The Morgan fingerprint density at radius 3 is 2.94 bits per heavy atom. The average molecular weight is 252 g/mol. The average Bonchev–Trinajstić information content (AvgIpc) is 2.71. The fourth-order valence-electron chi connectivity index (χ4n) is 1.92. The maximum atomic E-state index is 11.5. The van der Waals surface area contributed by atoms with Gasteiger partial charge in [-0.15, -0.1) is 12.4 Å². The van der Waals surface area contributed by atoms with Gasteiger partial charge in [0, 0.05) is 20.1 Å². The molecule has 16 heavy (non-hydrogen) atoms. The maximum Gasteiger partial charge on any atom is 0.237 e. The van der Waals surface area contributed by atoms with E-state index in [1.54, 1.807) is 7.05 Å². The fourth-order valence-corrected chi connectivity index (χ4v) is 1.92. The number of hydrogen-bond acceptors (Lipinski definition) is 4. The van der Waals surface area contributed by atoms with Crippen LogP contribution in [-0.2, 0) is 9.53 Å². The molecule has 3 N–H and O–H groups in total. The van der Waals surface area contributed by atoms with Crippen LogP contribution in [0.25, 0.3) is 0 Å². The number of halogens is 1. The minimum atomic E-state index is 0. The number of nitrogens with two attached hydrogens (primary N) is 1. The van der Waals surface area contributed by atoms with Crippen molar-refractivity contribution in [2.24, 2.45) is 5.73 Å². The molecule has 96 valence electrons. The van der Waals surface area contributed by atoms with Crippen LogP contribution in [0.1, 0.15) is 12.8 Å². The Morgan fingerprint density at radius 2 is 2.31 bits per heavy atom. The first-order valence-corrected chi connectivity index (χ1v) is 5.53. The Balaban J connectivity index is 0.00000225. The number of ether oxygens (including phenoxy) is 1. The lowest BCUT2D eigenvalue weighted by molar-refractivity contribution is -0.125. The first-order valence-electron chi connectivity index (χ1n) is 5.53. The van der Waals surface area contributed by atoms with Gasteiger partial charge >= 0.3 is 0 Å². The van der Waals surface area contributed by atoms with Crippen LogP contribution in [0.4, 0.5) is 0 Å². The van der Waals surface area contributed by atoms with E-state index in [0.29, 0.717) is 19.8 Å². The molecule has 1 atom stereocenters. The smallest absolute Gasteiger partial charge is 0.237 e. The van der Waals surface area contributed by atoms with Gasteiger partial charge in [-0.05, 0) is 19.4 Å². The molecule has 5 nitrogen and oxygen atoms in total. The molecule has 0 aromatic heterocycles. The number of likely N-dealkylation sites (tertiary alicyclic amines) is 1. The molecule has 1 amide bonds. The molecule has 0 bridgehead atoms. The van der Waals surface area contributed by atoms with Gasteiger partial charge in [0.2, 0.25) is 5.91 Å². The highest BCUT2D eigenvalue weighted by Crippen LogP contribution is 2.16. The zero-order valence-corrected chi connectivity index (χ0v) is 10.6. The quantitative estimate of drug-likeness (QED) is 0.630. The number of rotatable bonds is 6. The van der Waals surface area contributed by atoms with E-state index in [1.807, 2.05) is 0 Å². The van der Waals surface area contributed by atoms with E-state index >= 15 is 0 Å². The van der Waals surface area contributed by atoms with Crippen LogP contribution < -0.4 is 11.1 Å². The lowest BCUT2D eigenvalue weighted by Crippen LogP contribution is -2.43. The summed E-state index contributed by atoms with van der Waals surface area (Å²) in [7, 11) is 1.68. The van der Waals surface area contributed by atoms with E-state index in [4.69, 9.17) is 10.5 Å². The molecular formula is C10H22ClN3O2. The first kappa shape index (κ1) is 15.6. The van der Waals surface area contributed by atoms with E-state index in [-0.39, 0.29) is 24.4 Å². The second kappa shape index (κ2) is 8.75. The molecular weight excluding hydrogens is 230 g/mol. The van der Waals surface area contributed by atoms with Gasteiger partial charge in [0.15, 0.2) is 0 Å². The van der Waals surface area contributed by atoms with Crippen molar-refractivity contribution in [3.63, 3.8) is 0 Å². The van der Waals surface area contributed by atoms with Gasteiger partial charge in [-0.2, -0.15) is 0 Å². The summed E-state index contributed by atoms with van der Waals surface area (Å²) in [6, 6.07) is 0.0384. The highest BCUT2D eigenvalue weighted by Gasteiger charge is 2.29. The summed E-state index contributed by atoms with van der Waals surface area (Å²) in [5.74, 6) is 0.117. The second-order valence-electron chi connectivity index (χ2n) is 3.71. The van der Waals surface area contributed by atoms with E-state index < -0.39 is 0 Å². The number of nitrogens with one attached hydrogen (secondary N) is 1. The number of amides is 1. The molecule has 1 saturated heterocycles. The highest BCUT2D eigenvalue weighted by atomic mass is 35.5. The molecule has 0 aromatic rings.